The molecule has 0 radical (unpaired) electrons. The number of fused-ring (bicyclic) bond motifs is 2. The maximum absolute atomic E-state index is 12.9. The molecule has 7 heteroatoms. The average molecular weight is 459 g/mol. The summed E-state index contributed by atoms with van der Waals surface area (Å²) in [6.45, 7) is 6.41. The Morgan fingerprint density at radius 1 is 1.00 bits per heavy atom. The minimum absolute atomic E-state index is 0.0469. The predicted octanol–water partition coefficient (Wildman–Crippen LogP) is 3.90. The van der Waals surface area contributed by atoms with Crippen LogP contribution in [-0.4, -0.2) is 52.6 Å². The van der Waals surface area contributed by atoms with E-state index in [1.807, 2.05) is 35.7 Å². The van der Waals surface area contributed by atoms with E-state index in [1.54, 1.807) is 11.3 Å². The molecule has 2 aliphatic rings. The average Bonchev–Trinajstić information content (AvgIpc) is 3.48. The molecule has 1 fully saturated rings. The lowest BCUT2D eigenvalue weighted by atomic mass is 10.1. The van der Waals surface area contributed by atoms with Gasteiger partial charge in [0, 0.05) is 50.1 Å². The number of benzene rings is 2. The van der Waals surface area contributed by atoms with Crippen molar-refractivity contribution in [1.82, 2.24) is 19.8 Å². The summed E-state index contributed by atoms with van der Waals surface area (Å²) in [7, 11) is 0. The van der Waals surface area contributed by atoms with E-state index in [9.17, 15) is 4.79 Å². The second-order valence-corrected chi connectivity index (χ2v) is 9.66. The van der Waals surface area contributed by atoms with E-state index in [2.05, 4.69) is 33.0 Å². The molecule has 2 aromatic heterocycles. The maximum Gasteiger partial charge on any atom is 0.260 e. The molecule has 6 nitrogen and oxygen atoms in total. The number of rotatable bonds is 5. The smallest absolute Gasteiger partial charge is 0.260 e. The first kappa shape index (κ1) is 20.6. The van der Waals surface area contributed by atoms with Gasteiger partial charge in [-0.1, -0.05) is 42.5 Å². The van der Waals surface area contributed by atoms with Crippen molar-refractivity contribution in [2.75, 3.05) is 32.8 Å². The van der Waals surface area contributed by atoms with Crippen LogP contribution in [0, 0.1) is 0 Å². The Bertz CT molecular complexity index is 1340. The number of nitrogens with one attached hydrogen (secondary N) is 1. The van der Waals surface area contributed by atoms with E-state index >= 15 is 0 Å². The molecule has 0 saturated carbocycles. The summed E-state index contributed by atoms with van der Waals surface area (Å²) in [6.07, 6.45) is 1.02. The van der Waals surface area contributed by atoms with Crippen molar-refractivity contribution >= 4 is 21.6 Å². The number of ether oxygens (including phenoxy) is 1. The summed E-state index contributed by atoms with van der Waals surface area (Å²) in [5.74, 6) is 1.80. The topological polar surface area (TPSA) is 61.5 Å². The molecule has 2 aliphatic heterocycles. The molecule has 0 unspecified atom stereocenters. The molecule has 6 rings (SSSR count). The molecule has 4 aromatic rings. The second kappa shape index (κ2) is 8.74. The number of H-pyrrole nitrogens is 1. The summed E-state index contributed by atoms with van der Waals surface area (Å²) in [6, 6.07) is 16.6. The standard InChI is InChI=1S/C26H26N4O2S/c31-25-24-21(19-4-2-1-3-5-19)17-33-26(24)28-23(27-25)16-30-11-9-29(10-12-30)15-18-6-7-22-20(14-18)8-13-32-22/h1-7,14,17H,8-13,15-16H2,(H,27,28,31). The van der Waals surface area contributed by atoms with Crippen LogP contribution in [0.15, 0.2) is 58.7 Å². The summed E-state index contributed by atoms with van der Waals surface area (Å²) < 4.78 is 5.62. The number of thiophene rings is 1. The van der Waals surface area contributed by atoms with Gasteiger partial charge in [0.2, 0.25) is 0 Å². The number of hydrogen-bond acceptors (Lipinski definition) is 6. The summed E-state index contributed by atoms with van der Waals surface area (Å²) >= 11 is 1.54. The Kier molecular flexibility index (Phi) is 5.46. The summed E-state index contributed by atoms with van der Waals surface area (Å²) in [4.78, 5) is 26.4. The molecular formula is C26H26N4O2S. The van der Waals surface area contributed by atoms with Gasteiger partial charge in [0.15, 0.2) is 0 Å². The lowest BCUT2D eigenvalue weighted by Crippen LogP contribution is -2.45. The Morgan fingerprint density at radius 3 is 2.61 bits per heavy atom. The molecule has 0 atom stereocenters. The Morgan fingerprint density at radius 2 is 1.79 bits per heavy atom. The van der Waals surface area contributed by atoms with E-state index in [-0.39, 0.29) is 5.56 Å². The molecule has 0 aliphatic carbocycles. The van der Waals surface area contributed by atoms with Gasteiger partial charge in [-0.2, -0.15) is 0 Å². The zero-order chi connectivity index (χ0) is 22.2. The minimum atomic E-state index is -0.0469. The van der Waals surface area contributed by atoms with Crippen molar-refractivity contribution in [2.45, 2.75) is 19.5 Å². The first-order valence-corrected chi connectivity index (χ1v) is 12.4. The third kappa shape index (κ3) is 4.19. The van der Waals surface area contributed by atoms with Crippen LogP contribution in [0.5, 0.6) is 5.75 Å². The Hall–Kier alpha value is -3.00. The first-order chi connectivity index (χ1) is 16.2. The van der Waals surface area contributed by atoms with Crippen LogP contribution in [-0.2, 0) is 19.5 Å². The fourth-order valence-corrected chi connectivity index (χ4v) is 5.78. The molecule has 2 aromatic carbocycles. The normalized spacial score (nSPS) is 16.7. The molecule has 1 saturated heterocycles. The van der Waals surface area contributed by atoms with E-state index in [0.29, 0.717) is 11.9 Å². The van der Waals surface area contributed by atoms with Crippen LogP contribution < -0.4 is 10.3 Å². The van der Waals surface area contributed by atoms with Crippen LogP contribution in [0.1, 0.15) is 17.0 Å². The van der Waals surface area contributed by atoms with Crippen molar-refractivity contribution in [2.24, 2.45) is 0 Å². The van der Waals surface area contributed by atoms with Gasteiger partial charge in [0.25, 0.3) is 5.56 Å². The molecule has 1 N–H and O–H groups in total. The monoisotopic (exact) mass is 458 g/mol. The fourth-order valence-electron chi connectivity index (χ4n) is 4.81. The van der Waals surface area contributed by atoms with Crippen molar-refractivity contribution < 1.29 is 4.74 Å². The van der Waals surface area contributed by atoms with E-state index in [4.69, 9.17) is 9.72 Å². The number of hydrogen-bond donors (Lipinski definition) is 1. The lowest BCUT2D eigenvalue weighted by Gasteiger charge is -2.34. The van der Waals surface area contributed by atoms with Gasteiger partial charge < -0.3 is 9.72 Å². The largest absolute Gasteiger partial charge is 0.493 e. The van der Waals surface area contributed by atoms with Crippen LogP contribution >= 0.6 is 11.3 Å². The highest BCUT2D eigenvalue weighted by Crippen LogP contribution is 2.30. The fraction of sp³-hybridized carbons (Fsp3) is 0.308. The van der Waals surface area contributed by atoms with Gasteiger partial charge in [-0.15, -0.1) is 11.3 Å². The van der Waals surface area contributed by atoms with Gasteiger partial charge >= 0.3 is 0 Å². The third-order valence-corrected chi connectivity index (χ3v) is 7.45. The number of piperazine rings is 1. The van der Waals surface area contributed by atoms with E-state index in [1.165, 1.54) is 11.1 Å². The number of aromatic amines is 1. The van der Waals surface area contributed by atoms with Crippen molar-refractivity contribution in [1.29, 1.82) is 0 Å². The van der Waals surface area contributed by atoms with Crippen LogP contribution in [0.2, 0.25) is 0 Å². The molecular weight excluding hydrogens is 432 g/mol. The molecule has 168 valence electrons. The van der Waals surface area contributed by atoms with Gasteiger partial charge in [0.1, 0.15) is 16.4 Å². The number of aromatic nitrogens is 2. The van der Waals surface area contributed by atoms with E-state index in [0.717, 1.165) is 73.3 Å². The summed E-state index contributed by atoms with van der Waals surface area (Å²) in [5, 5.41) is 2.73. The molecule has 0 spiro atoms. The van der Waals surface area contributed by atoms with Crippen molar-refractivity contribution in [3.05, 3.63) is 81.2 Å². The number of nitrogens with zero attached hydrogens (tertiary/aromatic N) is 3. The van der Waals surface area contributed by atoms with Crippen molar-refractivity contribution in [3.8, 4) is 16.9 Å². The SMILES string of the molecule is O=c1[nH]c(CN2CCN(Cc3ccc4c(c3)CCO4)CC2)nc2scc(-c3ccccc3)c12. The molecule has 0 bridgehead atoms. The van der Waals surface area contributed by atoms with Crippen LogP contribution in [0.4, 0.5) is 0 Å². The maximum atomic E-state index is 12.9. The second-order valence-electron chi connectivity index (χ2n) is 8.80. The highest BCUT2D eigenvalue weighted by Gasteiger charge is 2.20. The zero-order valence-electron chi connectivity index (χ0n) is 18.4. The quantitative estimate of drug-likeness (QED) is 0.491. The minimum Gasteiger partial charge on any atom is -0.493 e. The van der Waals surface area contributed by atoms with Gasteiger partial charge in [0.05, 0.1) is 18.5 Å². The van der Waals surface area contributed by atoms with Crippen LogP contribution in [0.3, 0.4) is 0 Å². The first-order valence-electron chi connectivity index (χ1n) is 11.5. The lowest BCUT2D eigenvalue weighted by molar-refractivity contribution is 0.120. The summed E-state index contributed by atoms with van der Waals surface area (Å²) in [5.41, 5.74) is 4.66. The van der Waals surface area contributed by atoms with Gasteiger partial charge in [-0.3, -0.25) is 14.6 Å². The molecule has 33 heavy (non-hydrogen) atoms. The highest BCUT2D eigenvalue weighted by atomic mass is 32.1. The predicted molar refractivity (Wildman–Crippen MR) is 132 cm³/mol. The van der Waals surface area contributed by atoms with E-state index < -0.39 is 0 Å². The van der Waals surface area contributed by atoms with Crippen molar-refractivity contribution in [3.63, 3.8) is 0 Å². The Balaban J connectivity index is 1.11. The molecule has 4 heterocycles. The van der Waals surface area contributed by atoms with Crippen LogP contribution in [0.25, 0.3) is 21.3 Å². The van der Waals surface area contributed by atoms with Gasteiger partial charge in [-0.05, 0) is 22.8 Å². The zero-order valence-corrected chi connectivity index (χ0v) is 19.2. The van der Waals surface area contributed by atoms with Gasteiger partial charge in [-0.25, -0.2) is 4.98 Å². The highest BCUT2D eigenvalue weighted by molar-refractivity contribution is 7.17. The Labute approximate surface area is 196 Å². The third-order valence-electron chi connectivity index (χ3n) is 6.58. The molecule has 0 amide bonds.